The van der Waals surface area contributed by atoms with Crippen LogP contribution in [0.15, 0.2) is 78.9 Å². The number of benzene rings is 3. The first kappa shape index (κ1) is 24.8. The monoisotopic (exact) mass is 460 g/mol. The lowest BCUT2D eigenvalue weighted by Gasteiger charge is -2.31. The highest BCUT2D eigenvalue weighted by atomic mass is 16.5. The molecule has 34 heavy (non-hydrogen) atoms. The fraction of sp³-hybridized carbons (Fsp3) is 0.286. The van der Waals surface area contributed by atoms with Gasteiger partial charge >= 0.3 is 0 Å². The molecule has 0 unspecified atom stereocenters. The highest BCUT2D eigenvalue weighted by Crippen LogP contribution is 2.20. The van der Waals surface area contributed by atoms with Crippen molar-refractivity contribution < 1.29 is 19.1 Å². The zero-order chi connectivity index (χ0) is 24.3. The van der Waals surface area contributed by atoms with Gasteiger partial charge < -0.3 is 19.7 Å². The van der Waals surface area contributed by atoms with Crippen LogP contribution in [0.3, 0.4) is 0 Å². The van der Waals surface area contributed by atoms with Gasteiger partial charge in [-0.05, 0) is 48.7 Å². The molecule has 0 aromatic heterocycles. The Kier molecular flexibility index (Phi) is 9.09. The number of methoxy groups -OCH3 is 1. The molecule has 0 aliphatic heterocycles. The molecule has 0 aliphatic rings. The lowest BCUT2D eigenvalue weighted by atomic mass is 10.0. The molecule has 0 bridgehead atoms. The van der Waals surface area contributed by atoms with Crippen LogP contribution in [0.5, 0.6) is 11.5 Å². The van der Waals surface area contributed by atoms with E-state index < -0.39 is 6.04 Å². The second-order valence-corrected chi connectivity index (χ2v) is 8.03. The molecule has 3 aromatic rings. The molecule has 1 atom stereocenters. The van der Waals surface area contributed by atoms with E-state index in [1.165, 1.54) is 0 Å². The van der Waals surface area contributed by atoms with Gasteiger partial charge in [0.1, 0.15) is 17.5 Å². The summed E-state index contributed by atoms with van der Waals surface area (Å²) in [7, 11) is 1.60. The van der Waals surface area contributed by atoms with Crippen LogP contribution in [-0.4, -0.2) is 43.0 Å². The average Bonchev–Trinajstić information content (AvgIpc) is 2.86. The molecular weight excluding hydrogens is 428 g/mol. The number of amides is 2. The Hall–Kier alpha value is -3.80. The van der Waals surface area contributed by atoms with Gasteiger partial charge in [-0.3, -0.25) is 9.59 Å². The van der Waals surface area contributed by atoms with Crippen LogP contribution < -0.4 is 14.8 Å². The lowest BCUT2D eigenvalue weighted by Crippen LogP contribution is -2.51. The number of nitrogens with one attached hydrogen (secondary N) is 1. The third-order valence-corrected chi connectivity index (χ3v) is 5.55. The lowest BCUT2D eigenvalue weighted by molar-refractivity contribution is -0.142. The van der Waals surface area contributed by atoms with E-state index in [1.54, 1.807) is 12.0 Å². The summed E-state index contributed by atoms with van der Waals surface area (Å²) in [6.45, 7) is 4.36. The zero-order valence-electron chi connectivity index (χ0n) is 20.0. The van der Waals surface area contributed by atoms with Gasteiger partial charge in [0.15, 0.2) is 6.61 Å². The topological polar surface area (TPSA) is 67.9 Å². The van der Waals surface area contributed by atoms with Crippen molar-refractivity contribution in [2.75, 3.05) is 20.3 Å². The van der Waals surface area contributed by atoms with Crippen molar-refractivity contribution in [3.05, 3.63) is 95.6 Å². The summed E-state index contributed by atoms with van der Waals surface area (Å²) in [5.74, 6) is 0.880. The smallest absolute Gasteiger partial charge is 0.261 e. The minimum atomic E-state index is -0.693. The Morgan fingerprint density at radius 3 is 2.35 bits per heavy atom. The summed E-state index contributed by atoms with van der Waals surface area (Å²) in [6.07, 6.45) is 0.396. The zero-order valence-corrected chi connectivity index (χ0v) is 20.0. The summed E-state index contributed by atoms with van der Waals surface area (Å²) in [5.41, 5.74) is 2.78. The maximum absolute atomic E-state index is 13.5. The van der Waals surface area contributed by atoms with Crippen LogP contribution >= 0.6 is 0 Å². The van der Waals surface area contributed by atoms with Crippen LogP contribution in [0.25, 0.3) is 0 Å². The summed E-state index contributed by atoms with van der Waals surface area (Å²) in [5, 5.41) is 2.89. The molecule has 0 saturated heterocycles. The molecule has 178 valence electrons. The van der Waals surface area contributed by atoms with Crippen LogP contribution in [0.1, 0.15) is 23.6 Å². The number of carbonyl (C=O) groups is 2. The first-order valence-corrected chi connectivity index (χ1v) is 11.4. The maximum Gasteiger partial charge on any atom is 0.261 e. The van der Waals surface area contributed by atoms with Gasteiger partial charge in [0, 0.05) is 19.5 Å². The largest absolute Gasteiger partial charge is 0.497 e. The number of rotatable bonds is 11. The van der Waals surface area contributed by atoms with E-state index in [0.717, 1.165) is 16.7 Å². The Morgan fingerprint density at radius 1 is 0.941 bits per heavy atom. The van der Waals surface area contributed by atoms with Crippen LogP contribution in [0.4, 0.5) is 0 Å². The Balaban J connectivity index is 1.91. The highest BCUT2D eigenvalue weighted by Gasteiger charge is 2.30. The summed E-state index contributed by atoms with van der Waals surface area (Å²) >= 11 is 0. The normalized spacial score (nSPS) is 11.4. The van der Waals surface area contributed by atoms with Gasteiger partial charge in [-0.25, -0.2) is 0 Å². The maximum atomic E-state index is 13.5. The van der Waals surface area contributed by atoms with E-state index >= 15 is 0 Å². The number of aryl methyl sites for hydroxylation is 1. The van der Waals surface area contributed by atoms with Crippen LogP contribution in [0.2, 0.25) is 0 Å². The van der Waals surface area contributed by atoms with Gasteiger partial charge in [-0.2, -0.15) is 0 Å². The minimum Gasteiger partial charge on any atom is -0.497 e. The van der Waals surface area contributed by atoms with Gasteiger partial charge in [0.25, 0.3) is 5.91 Å². The molecule has 2 amide bonds. The molecule has 0 fully saturated rings. The molecular formula is C28H32N2O4. The van der Waals surface area contributed by atoms with E-state index in [9.17, 15) is 9.59 Å². The third kappa shape index (κ3) is 6.85. The van der Waals surface area contributed by atoms with Crippen molar-refractivity contribution in [3.8, 4) is 11.5 Å². The minimum absolute atomic E-state index is 0.167. The number of carbonyl (C=O) groups excluding carboxylic acids is 2. The second kappa shape index (κ2) is 12.4. The first-order valence-electron chi connectivity index (χ1n) is 11.4. The summed E-state index contributed by atoms with van der Waals surface area (Å²) < 4.78 is 11.2. The van der Waals surface area contributed by atoms with Gasteiger partial charge in [-0.1, -0.05) is 60.7 Å². The van der Waals surface area contributed by atoms with E-state index in [0.29, 0.717) is 24.5 Å². The van der Waals surface area contributed by atoms with Gasteiger partial charge in [0.2, 0.25) is 5.91 Å². The van der Waals surface area contributed by atoms with Gasteiger partial charge in [0.05, 0.1) is 7.11 Å². The van der Waals surface area contributed by atoms with Crippen molar-refractivity contribution in [3.63, 3.8) is 0 Å². The van der Waals surface area contributed by atoms with E-state index in [2.05, 4.69) is 5.32 Å². The fourth-order valence-electron chi connectivity index (χ4n) is 3.75. The van der Waals surface area contributed by atoms with E-state index in [-0.39, 0.29) is 25.0 Å². The molecule has 3 aromatic carbocycles. The quantitative estimate of drug-likeness (QED) is 0.467. The Bertz CT molecular complexity index is 1080. The van der Waals surface area contributed by atoms with Crippen molar-refractivity contribution in [1.29, 1.82) is 0 Å². The SMILES string of the molecule is CCNC(=O)[C@@H](Cc1ccccc1)N(Cc1cccc(OC)c1)C(=O)COc1ccccc1C. The fourth-order valence-corrected chi connectivity index (χ4v) is 3.75. The van der Waals surface area contributed by atoms with Crippen molar-refractivity contribution >= 4 is 11.8 Å². The Morgan fingerprint density at radius 2 is 1.65 bits per heavy atom. The molecule has 3 rings (SSSR count). The molecule has 0 radical (unpaired) electrons. The second-order valence-electron chi connectivity index (χ2n) is 8.03. The number of ether oxygens (including phenoxy) is 2. The van der Waals surface area contributed by atoms with Gasteiger partial charge in [-0.15, -0.1) is 0 Å². The first-order chi connectivity index (χ1) is 16.5. The van der Waals surface area contributed by atoms with Crippen molar-refractivity contribution in [2.24, 2.45) is 0 Å². The molecule has 0 aliphatic carbocycles. The average molecular weight is 461 g/mol. The van der Waals surface area contributed by atoms with E-state index in [1.807, 2.05) is 92.7 Å². The summed E-state index contributed by atoms with van der Waals surface area (Å²) in [4.78, 5) is 28.3. The summed E-state index contributed by atoms with van der Waals surface area (Å²) in [6, 6.07) is 24.1. The molecule has 1 N–H and O–H groups in total. The Labute approximate surface area is 201 Å². The number of likely N-dealkylation sites (N-methyl/N-ethyl adjacent to an activating group) is 1. The van der Waals surface area contributed by atoms with E-state index in [4.69, 9.17) is 9.47 Å². The highest BCUT2D eigenvalue weighted by molar-refractivity contribution is 5.88. The third-order valence-electron chi connectivity index (χ3n) is 5.55. The number of hydrogen-bond donors (Lipinski definition) is 1. The van der Waals surface area contributed by atoms with Crippen molar-refractivity contribution in [1.82, 2.24) is 10.2 Å². The van der Waals surface area contributed by atoms with Crippen LogP contribution in [0, 0.1) is 6.92 Å². The molecule has 6 heteroatoms. The standard InChI is InChI=1S/C28H32N2O4/c1-4-29-28(32)25(18-22-12-6-5-7-13-22)30(19-23-14-10-15-24(17-23)33-3)27(31)20-34-26-16-9-8-11-21(26)2/h5-17,25H,4,18-20H2,1-3H3,(H,29,32)/t25-/m1/s1. The van der Waals surface area contributed by atoms with Crippen molar-refractivity contribution in [2.45, 2.75) is 32.9 Å². The number of nitrogens with zero attached hydrogens (tertiary/aromatic N) is 1. The predicted molar refractivity (Wildman–Crippen MR) is 133 cm³/mol. The molecule has 6 nitrogen and oxygen atoms in total. The number of para-hydroxylation sites is 1. The van der Waals surface area contributed by atoms with Crippen LogP contribution in [-0.2, 0) is 22.6 Å². The predicted octanol–water partition coefficient (Wildman–Crippen LogP) is 4.16. The number of hydrogen-bond acceptors (Lipinski definition) is 4. The molecule has 0 spiro atoms. The molecule has 0 saturated carbocycles. The molecule has 0 heterocycles.